The van der Waals surface area contributed by atoms with Gasteiger partial charge >= 0.3 is 0 Å². The van der Waals surface area contributed by atoms with Crippen LogP contribution in [0.15, 0.2) is 0 Å². The Labute approximate surface area is 96.3 Å². The van der Waals surface area contributed by atoms with E-state index >= 15 is 0 Å². The lowest BCUT2D eigenvalue weighted by Gasteiger charge is -2.16. The maximum atomic E-state index is 11.6. The minimum Gasteiger partial charge on any atom is -0.396 e. The van der Waals surface area contributed by atoms with E-state index in [9.17, 15) is 4.79 Å². The lowest BCUT2D eigenvalue weighted by atomic mass is 10.1. The van der Waals surface area contributed by atoms with Gasteiger partial charge in [0.25, 0.3) is 0 Å². The normalized spacial score (nSPS) is 19.2. The van der Waals surface area contributed by atoms with E-state index in [1.165, 1.54) is 0 Å². The summed E-state index contributed by atoms with van der Waals surface area (Å²) in [5.41, 5.74) is 5.67. The van der Waals surface area contributed by atoms with Crippen LogP contribution in [0.4, 0.5) is 0 Å². The van der Waals surface area contributed by atoms with Crippen LogP contribution in [0.3, 0.4) is 0 Å². The fourth-order valence-electron chi connectivity index (χ4n) is 1.55. The molecule has 16 heavy (non-hydrogen) atoms. The SMILES string of the molecule is COCCCC(N)C(=O)NCC1(CO)CC1. The summed E-state index contributed by atoms with van der Waals surface area (Å²) in [6.45, 7) is 1.31. The molecule has 0 saturated heterocycles. The number of nitrogens with two attached hydrogens (primary N) is 1. The van der Waals surface area contributed by atoms with Gasteiger partial charge in [-0.1, -0.05) is 0 Å². The summed E-state index contributed by atoms with van der Waals surface area (Å²) in [5.74, 6) is -0.129. The molecule has 0 radical (unpaired) electrons. The zero-order valence-corrected chi connectivity index (χ0v) is 9.87. The summed E-state index contributed by atoms with van der Waals surface area (Å²) in [5, 5.41) is 11.9. The first-order valence-electron chi connectivity index (χ1n) is 5.77. The van der Waals surface area contributed by atoms with Crippen molar-refractivity contribution in [3.63, 3.8) is 0 Å². The van der Waals surface area contributed by atoms with E-state index in [1.807, 2.05) is 0 Å². The lowest BCUT2D eigenvalue weighted by Crippen LogP contribution is -2.43. The van der Waals surface area contributed by atoms with Gasteiger partial charge in [-0.05, 0) is 25.7 Å². The van der Waals surface area contributed by atoms with Crippen molar-refractivity contribution >= 4 is 5.91 Å². The minimum absolute atomic E-state index is 0.0537. The van der Waals surface area contributed by atoms with Gasteiger partial charge < -0.3 is 20.9 Å². The van der Waals surface area contributed by atoms with Crippen molar-refractivity contribution in [1.82, 2.24) is 5.32 Å². The van der Waals surface area contributed by atoms with E-state index in [2.05, 4.69) is 5.32 Å². The van der Waals surface area contributed by atoms with E-state index in [4.69, 9.17) is 15.6 Å². The highest BCUT2D eigenvalue weighted by atomic mass is 16.5. The van der Waals surface area contributed by atoms with Gasteiger partial charge in [0.1, 0.15) is 0 Å². The molecule has 0 spiro atoms. The van der Waals surface area contributed by atoms with Crippen LogP contribution in [0.2, 0.25) is 0 Å². The second-order valence-corrected chi connectivity index (χ2v) is 4.62. The predicted molar refractivity (Wildman–Crippen MR) is 60.8 cm³/mol. The van der Waals surface area contributed by atoms with E-state index in [0.717, 1.165) is 19.3 Å². The number of hydrogen-bond acceptors (Lipinski definition) is 4. The molecule has 1 saturated carbocycles. The molecule has 1 fully saturated rings. The van der Waals surface area contributed by atoms with Crippen LogP contribution in [-0.4, -0.2) is 43.9 Å². The van der Waals surface area contributed by atoms with Crippen molar-refractivity contribution in [3.05, 3.63) is 0 Å². The molecule has 0 bridgehead atoms. The van der Waals surface area contributed by atoms with Crippen LogP contribution in [-0.2, 0) is 9.53 Å². The number of aliphatic hydroxyl groups excluding tert-OH is 1. The Morgan fingerprint density at radius 2 is 2.31 bits per heavy atom. The molecule has 1 rings (SSSR count). The minimum atomic E-state index is -0.468. The van der Waals surface area contributed by atoms with Gasteiger partial charge in [0, 0.05) is 25.7 Å². The van der Waals surface area contributed by atoms with E-state index in [1.54, 1.807) is 7.11 Å². The molecule has 0 aliphatic heterocycles. The van der Waals surface area contributed by atoms with Crippen LogP contribution in [0.5, 0.6) is 0 Å². The third-order valence-electron chi connectivity index (χ3n) is 3.13. The maximum absolute atomic E-state index is 11.6. The molecule has 0 aromatic rings. The molecule has 0 aromatic carbocycles. The summed E-state index contributed by atoms with van der Waals surface area (Å²) < 4.78 is 4.89. The van der Waals surface area contributed by atoms with Gasteiger partial charge in [-0.15, -0.1) is 0 Å². The van der Waals surface area contributed by atoms with E-state index < -0.39 is 6.04 Å². The van der Waals surface area contributed by atoms with E-state index in [0.29, 0.717) is 19.6 Å². The first kappa shape index (κ1) is 13.4. The van der Waals surface area contributed by atoms with Crippen molar-refractivity contribution < 1.29 is 14.6 Å². The smallest absolute Gasteiger partial charge is 0.236 e. The van der Waals surface area contributed by atoms with Gasteiger partial charge in [-0.3, -0.25) is 4.79 Å². The topological polar surface area (TPSA) is 84.6 Å². The Bertz CT molecular complexity index is 229. The molecular formula is C11H22N2O3. The fraction of sp³-hybridized carbons (Fsp3) is 0.909. The number of methoxy groups -OCH3 is 1. The summed E-state index contributed by atoms with van der Waals surface area (Å²) in [7, 11) is 1.63. The number of hydrogen-bond donors (Lipinski definition) is 3. The van der Waals surface area contributed by atoms with Gasteiger partial charge in [0.2, 0.25) is 5.91 Å². The first-order valence-corrected chi connectivity index (χ1v) is 5.77. The molecule has 0 heterocycles. The van der Waals surface area contributed by atoms with Gasteiger partial charge in [-0.25, -0.2) is 0 Å². The quantitative estimate of drug-likeness (QED) is 0.497. The highest BCUT2D eigenvalue weighted by Crippen LogP contribution is 2.44. The summed E-state index contributed by atoms with van der Waals surface area (Å²) in [6.07, 6.45) is 3.40. The predicted octanol–water partition coefficient (Wildman–Crippen LogP) is -0.371. The zero-order valence-electron chi connectivity index (χ0n) is 9.87. The van der Waals surface area contributed by atoms with Crippen LogP contribution in [0, 0.1) is 5.41 Å². The Balaban J connectivity index is 2.13. The van der Waals surface area contributed by atoms with Gasteiger partial charge in [0.15, 0.2) is 0 Å². The third-order valence-corrected chi connectivity index (χ3v) is 3.13. The summed E-state index contributed by atoms with van der Waals surface area (Å²) in [6, 6.07) is -0.468. The molecule has 5 nitrogen and oxygen atoms in total. The van der Waals surface area contributed by atoms with Crippen molar-refractivity contribution in [1.29, 1.82) is 0 Å². The second-order valence-electron chi connectivity index (χ2n) is 4.62. The Morgan fingerprint density at radius 1 is 1.62 bits per heavy atom. The lowest BCUT2D eigenvalue weighted by molar-refractivity contribution is -0.122. The summed E-state index contributed by atoms with van der Waals surface area (Å²) in [4.78, 5) is 11.6. The molecule has 1 aliphatic rings. The molecule has 0 aromatic heterocycles. The Morgan fingerprint density at radius 3 is 2.81 bits per heavy atom. The van der Waals surface area contributed by atoms with Crippen molar-refractivity contribution in [2.45, 2.75) is 31.7 Å². The standard InChI is InChI=1S/C11H22N2O3/c1-16-6-2-3-9(12)10(15)13-7-11(8-14)4-5-11/h9,14H,2-8,12H2,1H3,(H,13,15). The molecule has 4 N–H and O–H groups in total. The number of carbonyl (C=O) groups excluding carboxylic acids is 1. The van der Waals surface area contributed by atoms with E-state index in [-0.39, 0.29) is 17.9 Å². The number of aliphatic hydroxyl groups is 1. The molecule has 1 unspecified atom stereocenters. The fourth-order valence-corrected chi connectivity index (χ4v) is 1.55. The Hall–Kier alpha value is -0.650. The number of carbonyl (C=O) groups is 1. The van der Waals surface area contributed by atoms with Crippen molar-refractivity contribution in [2.24, 2.45) is 11.1 Å². The number of ether oxygens (including phenoxy) is 1. The molecule has 5 heteroatoms. The van der Waals surface area contributed by atoms with Crippen LogP contribution in [0.25, 0.3) is 0 Å². The monoisotopic (exact) mass is 230 g/mol. The van der Waals surface area contributed by atoms with Crippen molar-refractivity contribution in [2.75, 3.05) is 26.9 Å². The molecule has 94 valence electrons. The Kier molecular flexibility index (Phi) is 5.18. The largest absolute Gasteiger partial charge is 0.396 e. The van der Waals surface area contributed by atoms with Crippen LogP contribution < -0.4 is 11.1 Å². The third kappa shape index (κ3) is 4.08. The highest BCUT2D eigenvalue weighted by molar-refractivity contribution is 5.81. The number of amides is 1. The summed E-state index contributed by atoms with van der Waals surface area (Å²) >= 11 is 0. The van der Waals surface area contributed by atoms with Gasteiger partial charge in [-0.2, -0.15) is 0 Å². The average Bonchev–Trinajstić information content (AvgIpc) is 3.07. The van der Waals surface area contributed by atoms with Crippen molar-refractivity contribution in [3.8, 4) is 0 Å². The molecule has 1 amide bonds. The highest BCUT2D eigenvalue weighted by Gasteiger charge is 2.42. The van der Waals surface area contributed by atoms with Crippen LogP contribution in [0.1, 0.15) is 25.7 Å². The molecule has 1 aliphatic carbocycles. The van der Waals surface area contributed by atoms with Gasteiger partial charge in [0.05, 0.1) is 12.6 Å². The number of rotatable bonds is 8. The molecular weight excluding hydrogens is 208 g/mol. The average molecular weight is 230 g/mol. The second kappa shape index (κ2) is 6.18. The zero-order chi connectivity index (χ0) is 12.0. The maximum Gasteiger partial charge on any atom is 0.236 e. The van der Waals surface area contributed by atoms with Crippen LogP contribution >= 0.6 is 0 Å². The first-order chi connectivity index (χ1) is 7.63. The molecule has 1 atom stereocenters. The number of nitrogens with one attached hydrogen (secondary N) is 1.